The summed E-state index contributed by atoms with van der Waals surface area (Å²) in [6.45, 7) is 5.54. The third kappa shape index (κ3) is 3.69. The zero-order valence-electron chi connectivity index (χ0n) is 11.5. The van der Waals surface area contributed by atoms with E-state index in [9.17, 15) is 5.11 Å². The highest BCUT2D eigenvalue weighted by Crippen LogP contribution is 2.38. The van der Waals surface area contributed by atoms with Gasteiger partial charge in [-0.3, -0.25) is 0 Å². The molecule has 1 saturated heterocycles. The molecule has 0 aromatic rings. The van der Waals surface area contributed by atoms with Crippen LogP contribution in [0.3, 0.4) is 0 Å². The van der Waals surface area contributed by atoms with Crippen molar-refractivity contribution in [3.05, 3.63) is 0 Å². The first-order chi connectivity index (χ1) is 8.09. The van der Waals surface area contributed by atoms with Crippen LogP contribution in [-0.2, 0) is 4.74 Å². The first-order valence-corrected chi connectivity index (χ1v) is 7.43. The second-order valence-corrected chi connectivity index (χ2v) is 6.48. The maximum absolute atomic E-state index is 10.6. The van der Waals surface area contributed by atoms with Crippen LogP contribution in [0, 0.1) is 11.8 Å². The van der Waals surface area contributed by atoms with Crippen molar-refractivity contribution in [3.63, 3.8) is 0 Å². The van der Waals surface area contributed by atoms with E-state index in [0.29, 0.717) is 6.10 Å². The van der Waals surface area contributed by atoms with Gasteiger partial charge in [0.05, 0.1) is 11.7 Å². The lowest BCUT2D eigenvalue weighted by Crippen LogP contribution is -2.36. The summed E-state index contributed by atoms with van der Waals surface area (Å²) in [6.07, 6.45) is 9.26. The smallest absolute Gasteiger partial charge is 0.0649 e. The number of hydrogen-bond acceptors (Lipinski definition) is 2. The molecule has 100 valence electrons. The molecule has 1 aliphatic carbocycles. The van der Waals surface area contributed by atoms with Crippen LogP contribution in [0.5, 0.6) is 0 Å². The van der Waals surface area contributed by atoms with E-state index in [1.165, 1.54) is 25.7 Å². The van der Waals surface area contributed by atoms with Gasteiger partial charge in [-0.1, -0.05) is 13.8 Å². The summed E-state index contributed by atoms with van der Waals surface area (Å²) in [6, 6.07) is 0. The third-order valence-corrected chi connectivity index (χ3v) is 4.86. The molecular weight excluding hydrogens is 212 g/mol. The average Bonchev–Trinajstić information content (AvgIpc) is 2.80. The van der Waals surface area contributed by atoms with E-state index in [4.69, 9.17) is 4.74 Å². The van der Waals surface area contributed by atoms with Crippen LogP contribution >= 0.6 is 0 Å². The highest BCUT2D eigenvalue weighted by atomic mass is 16.5. The molecule has 2 nitrogen and oxygen atoms in total. The summed E-state index contributed by atoms with van der Waals surface area (Å²) in [5.41, 5.74) is -0.378. The molecule has 2 heteroatoms. The van der Waals surface area contributed by atoms with Crippen LogP contribution in [-0.4, -0.2) is 23.4 Å². The maximum atomic E-state index is 10.6. The van der Waals surface area contributed by atoms with Gasteiger partial charge < -0.3 is 9.84 Å². The van der Waals surface area contributed by atoms with Crippen molar-refractivity contribution >= 4 is 0 Å². The number of ether oxygens (including phenoxy) is 1. The van der Waals surface area contributed by atoms with Crippen LogP contribution in [0.15, 0.2) is 0 Å². The van der Waals surface area contributed by atoms with Crippen molar-refractivity contribution in [2.75, 3.05) is 6.61 Å². The Labute approximate surface area is 106 Å². The van der Waals surface area contributed by atoms with Gasteiger partial charge >= 0.3 is 0 Å². The van der Waals surface area contributed by atoms with Gasteiger partial charge in [0.15, 0.2) is 0 Å². The zero-order valence-corrected chi connectivity index (χ0v) is 11.5. The predicted molar refractivity (Wildman–Crippen MR) is 70.0 cm³/mol. The lowest BCUT2D eigenvalue weighted by atomic mass is 9.73. The molecule has 1 atom stereocenters. The van der Waals surface area contributed by atoms with E-state index < -0.39 is 0 Å². The van der Waals surface area contributed by atoms with E-state index in [2.05, 4.69) is 13.8 Å². The standard InChI is InChI=1S/C15H28O2/c1-12(2)13-5-8-15(16,9-6-13)10-7-14-4-3-11-17-14/h12-14,16H,3-11H2,1-2H3. The molecule has 1 saturated carbocycles. The molecule has 1 heterocycles. The Morgan fingerprint density at radius 1 is 1.24 bits per heavy atom. The van der Waals surface area contributed by atoms with Crippen molar-refractivity contribution in [1.29, 1.82) is 0 Å². The van der Waals surface area contributed by atoms with E-state index in [-0.39, 0.29) is 5.60 Å². The zero-order chi connectivity index (χ0) is 12.3. The Hall–Kier alpha value is -0.0800. The topological polar surface area (TPSA) is 29.5 Å². The molecule has 0 amide bonds. The second kappa shape index (κ2) is 5.71. The maximum Gasteiger partial charge on any atom is 0.0649 e. The molecular formula is C15H28O2. The Morgan fingerprint density at radius 3 is 2.47 bits per heavy atom. The lowest BCUT2D eigenvalue weighted by Gasteiger charge is -2.38. The molecule has 1 unspecified atom stereocenters. The van der Waals surface area contributed by atoms with E-state index in [1.807, 2.05) is 0 Å². The van der Waals surface area contributed by atoms with Crippen molar-refractivity contribution in [1.82, 2.24) is 0 Å². The first-order valence-electron chi connectivity index (χ1n) is 7.43. The average molecular weight is 240 g/mol. The fraction of sp³-hybridized carbons (Fsp3) is 1.00. The summed E-state index contributed by atoms with van der Waals surface area (Å²) >= 11 is 0. The monoisotopic (exact) mass is 240 g/mol. The molecule has 2 aliphatic rings. The molecule has 2 fully saturated rings. The Morgan fingerprint density at radius 2 is 1.94 bits per heavy atom. The first kappa shape index (κ1) is 13.4. The van der Waals surface area contributed by atoms with Crippen LogP contribution < -0.4 is 0 Å². The fourth-order valence-electron chi connectivity index (χ4n) is 3.40. The van der Waals surface area contributed by atoms with Crippen molar-refractivity contribution in [2.24, 2.45) is 11.8 Å². The summed E-state index contributed by atoms with van der Waals surface area (Å²) in [5, 5.41) is 10.6. The molecule has 17 heavy (non-hydrogen) atoms. The number of hydrogen-bond donors (Lipinski definition) is 1. The van der Waals surface area contributed by atoms with E-state index in [1.54, 1.807) is 0 Å². The van der Waals surface area contributed by atoms with Gasteiger partial charge in [0.2, 0.25) is 0 Å². The second-order valence-electron chi connectivity index (χ2n) is 6.48. The summed E-state index contributed by atoms with van der Waals surface area (Å²) in [4.78, 5) is 0. The molecule has 0 aromatic carbocycles. The van der Waals surface area contributed by atoms with E-state index in [0.717, 1.165) is 44.1 Å². The molecule has 2 rings (SSSR count). The molecule has 0 aromatic heterocycles. The van der Waals surface area contributed by atoms with Crippen LogP contribution in [0.2, 0.25) is 0 Å². The van der Waals surface area contributed by atoms with Crippen molar-refractivity contribution in [3.8, 4) is 0 Å². The third-order valence-electron chi connectivity index (χ3n) is 4.86. The minimum atomic E-state index is -0.378. The van der Waals surface area contributed by atoms with Gasteiger partial charge in [-0.25, -0.2) is 0 Å². The van der Waals surface area contributed by atoms with Gasteiger partial charge in [0.1, 0.15) is 0 Å². The Kier molecular flexibility index (Phi) is 4.48. The predicted octanol–water partition coefficient (Wildman–Crippen LogP) is 3.52. The van der Waals surface area contributed by atoms with Crippen molar-refractivity contribution < 1.29 is 9.84 Å². The van der Waals surface area contributed by atoms with Gasteiger partial charge in [0.25, 0.3) is 0 Å². The van der Waals surface area contributed by atoms with Crippen LogP contribution in [0.1, 0.15) is 65.2 Å². The van der Waals surface area contributed by atoms with Gasteiger partial charge in [0, 0.05) is 6.61 Å². The molecule has 0 bridgehead atoms. The summed E-state index contributed by atoms with van der Waals surface area (Å²) < 4.78 is 5.64. The summed E-state index contributed by atoms with van der Waals surface area (Å²) in [5.74, 6) is 1.61. The van der Waals surface area contributed by atoms with Gasteiger partial charge in [-0.2, -0.15) is 0 Å². The number of aliphatic hydroxyl groups is 1. The highest BCUT2D eigenvalue weighted by Gasteiger charge is 2.34. The largest absolute Gasteiger partial charge is 0.390 e. The van der Waals surface area contributed by atoms with Crippen LogP contribution in [0.4, 0.5) is 0 Å². The summed E-state index contributed by atoms with van der Waals surface area (Å²) in [7, 11) is 0. The minimum Gasteiger partial charge on any atom is -0.390 e. The molecule has 0 radical (unpaired) electrons. The highest BCUT2D eigenvalue weighted by molar-refractivity contribution is 4.87. The molecule has 0 spiro atoms. The number of rotatable bonds is 4. The Balaban J connectivity index is 1.72. The lowest BCUT2D eigenvalue weighted by molar-refractivity contribution is -0.0335. The van der Waals surface area contributed by atoms with Gasteiger partial charge in [-0.15, -0.1) is 0 Å². The molecule has 1 aliphatic heterocycles. The van der Waals surface area contributed by atoms with Gasteiger partial charge in [-0.05, 0) is 63.2 Å². The molecule has 1 N–H and O–H groups in total. The normalized spacial score (nSPS) is 38.8. The minimum absolute atomic E-state index is 0.378. The fourth-order valence-corrected chi connectivity index (χ4v) is 3.40. The SMILES string of the molecule is CC(C)C1CCC(O)(CCC2CCCO2)CC1. The van der Waals surface area contributed by atoms with E-state index >= 15 is 0 Å². The Bertz CT molecular complexity index is 223. The van der Waals surface area contributed by atoms with Crippen LogP contribution in [0.25, 0.3) is 0 Å². The quantitative estimate of drug-likeness (QED) is 0.814. The van der Waals surface area contributed by atoms with Crippen molar-refractivity contribution in [2.45, 2.75) is 76.9 Å².